The average Bonchev–Trinajstić information content (AvgIpc) is 2.62. The van der Waals surface area contributed by atoms with Gasteiger partial charge in [-0.1, -0.05) is 32.5 Å². The Balaban J connectivity index is 1.58. The topological polar surface area (TPSA) is 87.3 Å². The fraction of sp³-hybridized carbons (Fsp3) is 0.773. The SMILES string of the molecule is CSc1nc(OCC(C)(C)C)cc(OC(C(N)=O)C23CC4CC(CC(C4)C2)C3)n1. The number of hydrogen-bond acceptors (Lipinski definition) is 6. The van der Waals surface area contributed by atoms with Gasteiger partial charge in [0.05, 0.1) is 12.7 Å². The van der Waals surface area contributed by atoms with Crippen molar-refractivity contribution < 1.29 is 14.3 Å². The lowest BCUT2D eigenvalue weighted by molar-refractivity contribution is -0.148. The van der Waals surface area contributed by atoms with Gasteiger partial charge >= 0.3 is 0 Å². The van der Waals surface area contributed by atoms with Gasteiger partial charge < -0.3 is 15.2 Å². The van der Waals surface area contributed by atoms with Crippen LogP contribution < -0.4 is 15.2 Å². The van der Waals surface area contributed by atoms with E-state index >= 15 is 0 Å². The van der Waals surface area contributed by atoms with E-state index in [2.05, 4.69) is 30.7 Å². The van der Waals surface area contributed by atoms with E-state index in [1.807, 2.05) is 6.26 Å². The molecule has 0 radical (unpaired) electrons. The third-order valence-corrected chi connectivity index (χ3v) is 7.18. The van der Waals surface area contributed by atoms with Crippen molar-refractivity contribution in [3.05, 3.63) is 6.07 Å². The first-order valence-corrected chi connectivity index (χ1v) is 11.9. The molecule has 4 aliphatic rings. The first-order chi connectivity index (χ1) is 13.7. The normalized spacial score (nSPS) is 31.5. The molecular weight excluding hydrogens is 386 g/mol. The van der Waals surface area contributed by atoms with E-state index < -0.39 is 6.10 Å². The molecule has 4 aliphatic carbocycles. The minimum absolute atomic E-state index is 0.0143. The summed E-state index contributed by atoms with van der Waals surface area (Å²) in [4.78, 5) is 21.5. The minimum atomic E-state index is -0.643. The number of carbonyl (C=O) groups excluding carboxylic acids is 1. The van der Waals surface area contributed by atoms with Gasteiger partial charge in [0.25, 0.3) is 5.91 Å². The zero-order chi connectivity index (χ0) is 20.8. The number of ether oxygens (including phenoxy) is 2. The predicted molar refractivity (Wildman–Crippen MR) is 113 cm³/mol. The second kappa shape index (κ2) is 7.64. The molecule has 0 saturated heterocycles. The van der Waals surface area contributed by atoms with E-state index in [9.17, 15) is 4.79 Å². The highest BCUT2D eigenvalue weighted by Gasteiger charge is 2.56. The second-order valence-corrected chi connectivity index (χ2v) is 11.3. The Morgan fingerprint density at radius 3 is 2.21 bits per heavy atom. The quantitative estimate of drug-likeness (QED) is 0.529. The highest BCUT2D eigenvalue weighted by Crippen LogP contribution is 2.61. The number of rotatable bonds is 7. The van der Waals surface area contributed by atoms with Gasteiger partial charge in [-0.05, 0) is 67.9 Å². The molecule has 2 N–H and O–H groups in total. The van der Waals surface area contributed by atoms with E-state index in [0.29, 0.717) is 41.3 Å². The molecule has 1 unspecified atom stereocenters. The summed E-state index contributed by atoms with van der Waals surface area (Å²) in [6.07, 6.45) is 8.31. The maximum atomic E-state index is 12.5. The maximum absolute atomic E-state index is 12.5. The Labute approximate surface area is 177 Å². The summed E-state index contributed by atoms with van der Waals surface area (Å²) in [5.41, 5.74) is 5.76. The number of primary amides is 1. The van der Waals surface area contributed by atoms with Crippen molar-refractivity contribution in [2.75, 3.05) is 12.9 Å². The third-order valence-electron chi connectivity index (χ3n) is 6.63. The summed E-state index contributed by atoms with van der Waals surface area (Å²) in [5, 5.41) is 0.570. The van der Waals surface area contributed by atoms with Crippen LogP contribution in [0.5, 0.6) is 11.8 Å². The maximum Gasteiger partial charge on any atom is 0.259 e. The van der Waals surface area contributed by atoms with Crippen LogP contribution in [0.4, 0.5) is 0 Å². The molecule has 4 bridgehead atoms. The van der Waals surface area contributed by atoms with Crippen LogP contribution in [-0.2, 0) is 4.79 Å². The van der Waals surface area contributed by atoms with Crippen LogP contribution >= 0.6 is 11.8 Å². The highest BCUT2D eigenvalue weighted by atomic mass is 32.2. The van der Waals surface area contributed by atoms with Gasteiger partial charge in [-0.15, -0.1) is 0 Å². The molecule has 6 nitrogen and oxygen atoms in total. The van der Waals surface area contributed by atoms with Gasteiger partial charge in [0, 0.05) is 5.41 Å². The Morgan fingerprint density at radius 1 is 1.17 bits per heavy atom. The Hall–Kier alpha value is -1.50. The monoisotopic (exact) mass is 419 g/mol. The Morgan fingerprint density at radius 2 is 1.72 bits per heavy atom. The summed E-state index contributed by atoms with van der Waals surface area (Å²) in [7, 11) is 0. The molecule has 1 heterocycles. The average molecular weight is 420 g/mol. The summed E-state index contributed by atoms with van der Waals surface area (Å²) in [5.74, 6) is 2.61. The lowest BCUT2D eigenvalue weighted by Gasteiger charge is -2.58. The molecule has 160 valence electrons. The van der Waals surface area contributed by atoms with Crippen molar-refractivity contribution >= 4 is 17.7 Å². The van der Waals surface area contributed by atoms with E-state index in [0.717, 1.165) is 19.3 Å². The summed E-state index contributed by atoms with van der Waals surface area (Å²) in [6.45, 7) is 6.86. The number of amides is 1. The van der Waals surface area contributed by atoms with Gasteiger partial charge in [-0.2, -0.15) is 9.97 Å². The lowest BCUT2D eigenvalue weighted by Crippen LogP contribution is -2.57. The van der Waals surface area contributed by atoms with Gasteiger partial charge in [0.15, 0.2) is 11.3 Å². The standard InChI is InChI=1S/C22H33N3O3S/c1-21(2,3)12-27-16-8-17(25-20(24-16)29-4)28-18(19(23)26)22-9-13-5-14(10-22)7-15(6-13)11-22/h8,13-15,18H,5-7,9-12H2,1-4H3,(H2,23,26). The van der Waals surface area contributed by atoms with E-state index in [1.165, 1.54) is 31.0 Å². The van der Waals surface area contributed by atoms with Crippen LogP contribution in [-0.4, -0.2) is 34.8 Å². The lowest BCUT2D eigenvalue weighted by atomic mass is 9.48. The van der Waals surface area contributed by atoms with Crippen molar-refractivity contribution in [1.29, 1.82) is 0 Å². The molecule has 29 heavy (non-hydrogen) atoms. The Kier molecular flexibility index (Phi) is 5.47. The summed E-state index contributed by atoms with van der Waals surface area (Å²) < 4.78 is 12.1. The largest absolute Gasteiger partial charge is 0.477 e. The number of nitrogens with zero attached hydrogens (tertiary/aromatic N) is 2. The third kappa shape index (κ3) is 4.49. The predicted octanol–water partition coefficient (Wildman–Crippen LogP) is 4.07. The van der Waals surface area contributed by atoms with Crippen molar-refractivity contribution in [2.45, 2.75) is 70.6 Å². The fourth-order valence-electron chi connectivity index (χ4n) is 6.00. The molecule has 0 aromatic carbocycles. The molecule has 7 heteroatoms. The molecule has 5 rings (SSSR count). The van der Waals surface area contributed by atoms with Crippen molar-refractivity contribution in [3.63, 3.8) is 0 Å². The molecule has 1 aromatic rings. The summed E-state index contributed by atoms with van der Waals surface area (Å²) >= 11 is 1.43. The Bertz CT molecular complexity index is 742. The fourth-order valence-corrected chi connectivity index (χ4v) is 6.37. The van der Waals surface area contributed by atoms with Crippen molar-refractivity contribution in [1.82, 2.24) is 9.97 Å². The van der Waals surface area contributed by atoms with E-state index in [1.54, 1.807) is 6.07 Å². The minimum Gasteiger partial charge on any atom is -0.477 e. The van der Waals surface area contributed by atoms with Crippen LogP contribution in [0.2, 0.25) is 0 Å². The molecule has 0 spiro atoms. The van der Waals surface area contributed by atoms with Crippen LogP contribution in [0.1, 0.15) is 59.3 Å². The van der Waals surface area contributed by atoms with Crippen LogP contribution in [0.15, 0.2) is 11.2 Å². The number of nitrogens with two attached hydrogens (primary N) is 1. The van der Waals surface area contributed by atoms with Gasteiger partial charge in [-0.25, -0.2) is 0 Å². The zero-order valence-electron chi connectivity index (χ0n) is 17.9. The number of hydrogen-bond donors (Lipinski definition) is 1. The van der Waals surface area contributed by atoms with Gasteiger partial charge in [0.1, 0.15) is 0 Å². The van der Waals surface area contributed by atoms with E-state index in [4.69, 9.17) is 15.2 Å². The summed E-state index contributed by atoms with van der Waals surface area (Å²) in [6, 6.07) is 1.70. The molecule has 1 amide bonds. The first kappa shape index (κ1) is 20.8. The molecular formula is C22H33N3O3S. The zero-order valence-corrected chi connectivity index (χ0v) is 18.8. The first-order valence-electron chi connectivity index (χ1n) is 10.7. The van der Waals surface area contributed by atoms with E-state index in [-0.39, 0.29) is 16.7 Å². The van der Waals surface area contributed by atoms with Gasteiger partial charge in [-0.3, -0.25) is 4.79 Å². The number of thioether (sulfide) groups is 1. The smallest absolute Gasteiger partial charge is 0.259 e. The number of carbonyl (C=O) groups is 1. The van der Waals surface area contributed by atoms with Crippen LogP contribution in [0.3, 0.4) is 0 Å². The van der Waals surface area contributed by atoms with Crippen LogP contribution in [0.25, 0.3) is 0 Å². The highest BCUT2D eigenvalue weighted by molar-refractivity contribution is 7.98. The van der Waals surface area contributed by atoms with Crippen molar-refractivity contribution in [3.8, 4) is 11.8 Å². The number of aromatic nitrogens is 2. The molecule has 1 aromatic heterocycles. The van der Waals surface area contributed by atoms with Crippen molar-refractivity contribution in [2.24, 2.45) is 34.3 Å². The molecule has 4 saturated carbocycles. The molecule has 4 fully saturated rings. The molecule has 0 aliphatic heterocycles. The molecule has 1 atom stereocenters. The second-order valence-electron chi connectivity index (χ2n) is 10.6. The van der Waals surface area contributed by atoms with Crippen LogP contribution in [0, 0.1) is 28.6 Å². The van der Waals surface area contributed by atoms with Gasteiger partial charge in [0.2, 0.25) is 11.8 Å².